The lowest BCUT2D eigenvalue weighted by Crippen LogP contribution is -2.57. The zero-order chi connectivity index (χ0) is 21.0. The molecule has 6 nitrogen and oxygen atoms in total. The van der Waals surface area contributed by atoms with Crippen LogP contribution in [0, 0.1) is 5.92 Å². The number of piperazine rings is 1. The molecule has 1 saturated heterocycles. The molecule has 0 bridgehead atoms. The standard InChI is InChI=1S/C21H24ClN3O3S/c1-14(2)18(23-19(26)17-4-3-13-29-17)21(28)25-11-9-24(10-12-25)20(27)15-5-7-16(22)8-6-15/h3-8,13-14,18H,9-12H2,1-2H3,(H,23,26). The van der Waals surface area contributed by atoms with Crippen molar-refractivity contribution in [3.05, 3.63) is 57.2 Å². The van der Waals surface area contributed by atoms with Gasteiger partial charge in [0.1, 0.15) is 6.04 Å². The van der Waals surface area contributed by atoms with Gasteiger partial charge >= 0.3 is 0 Å². The molecule has 1 aliphatic rings. The summed E-state index contributed by atoms with van der Waals surface area (Å²) in [6, 6.07) is 9.75. The first-order chi connectivity index (χ1) is 13.9. The molecule has 2 heterocycles. The highest BCUT2D eigenvalue weighted by molar-refractivity contribution is 7.12. The largest absolute Gasteiger partial charge is 0.339 e. The minimum absolute atomic E-state index is 0.0415. The number of hydrogen-bond acceptors (Lipinski definition) is 4. The van der Waals surface area contributed by atoms with E-state index in [-0.39, 0.29) is 23.6 Å². The molecule has 3 amide bonds. The van der Waals surface area contributed by atoms with Crippen LogP contribution in [0.2, 0.25) is 5.02 Å². The van der Waals surface area contributed by atoms with Crippen LogP contribution < -0.4 is 5.32 Å². The number of nitrogens with zero attached hydrogens (tertiary/aromatic N) is 2. The molecule has 0 saturated carbocycles. The van der Waals surface area contributed by atoms with E-state index in [0.717, 1.165) is 0 Å². The van der Waals surface area contributed by atoms with Gasteiger partial charge in [0.2, 0.25) is 5.91 Å². The summed E-state index contributed by atoms with van der Waals surface area (Å²) >= 11 is 7.23. The van der Waals surface area contributed by atoms with Gasteiger partial charge in [-0.15, -0.1) is 11.3 Å². The summed E-state index contributed by atoms with van der Waals surface area (Å²) in [5, 5.41) is 5.28. The van der Waals surface area contributed by atoms with Crippen LogP contribution in [0.15, 0.2) is 41.8 Å². The highest BCUT2D eigenvalue weighted by Crippen LogP contribution is 2.16. The fourth-order valence-corrected chi connectivity index (χ4v) is 3.99. The van der Waals surface area contributed by atoms with E-state index in [1.165, 1.54) is 11.3 Å². The summed E-state index contributed by atoms with van der Waals surface area (Å²) < 4.78 is 0. The second-order valence-electron chi connectivity index (χ2n) is 7.30. The Hall–Kier alpha value is -2.38. The van der Waals surface area contributed by atoms with Gasteiger partial charge in [-0.1, -0.05) is 31.5 Å². The highest BCUT2D eigenvalue weighted by atomic mass is 35.5. The Morgan fingerprint density at radius 3 is 2.17 bits per heavy atom. The van der Waals surface area contributed by atoms with Crippen LogP contribution in [0.5, 0.6) is 0 Å². The smallest absolute Gasteiger partial charge is 0.262 e. The summed E-state index contributed by atoms with van der Waals surface area (Å²) in [6.45, 7) is 5.62. The number of benzene rings is 1. The fraction of sp³-hybridized carbons (Fsp3) is 0.381. The second-order valence-corrected chi connectivity index (χ2v) is 8.68. The van der Waals surface area contributed by atoms with Gasteiger partial charge in [0, 0.05) is 36.8 Å². The Balaban J connectivity index is 1.59. The molecule has 154 valence electrons. The van der Waals surface area contributed by atoms with Crippen molar-refractivity contribution in [1.29, 1.82) is 0 Å². The second kappa shape index (κ2) is 9.41. The maximum absolute atomic E-state index is 13.0. The molecule has 0 radical (unpaired) electrons. The Labute approximate surface area is 179 Å². The number of amides is 3. The van der Waals surface area contributed by atoms with Gasteiger partial charge in [-0.3, -0.25) is 14.4 Å². The van der Waals surface area contributed by atoms with Gasteiger partial charge in [-0.2, -0.15) is 0 Å². The zero-order valence-corrected chi connectivity index (χ0v) is 18.0. The SMILES string of the molecule is CC(C)C(NC(=O)c1cccs1)C(=O)N1CCN(C(=O)c2ccc(Cl)cc2)CC1. The van der Waals surface area contributed by atoms with Crippen LogP contribution in [-0.2, 0) is 4.79 Å². The van der Waals surface area contributed by atoms with Gasteiger partial charge in [-0.05, 0) is 41.6 Å². The molecule has 0 aliphatic carbocycles. The maximum atomic E-state index is 13.0. The number of thiophene rings is 1. The number of rotatable bonds is 5. The monoisotopic (exact) mass is 433 g/mol. The summed E-state index contributed by atoms with van der Waals surface area (Å²) in [7, 11) is 0. The average molecular weight is 434 g/mol. The predicted molar refractivity (Wildman–Crippen MR) is 114 cm³/mol. The lowest BCUT2D eigenvalue weighted by molar-refractivity contribution is -0.135. The number of carbonyl (C=O) groups is 3. The van der Waals surface area contributed by atoms with Crippen LogP contribution in [-0.4, -0.2) is 59.7 Å². The molecule has 1 N–H and O–H groups in total. The highest BCUT2D eigenvalue weighted by Gasteiger charge is 2.32. The molecule has 3 rings (SSSR count). The summed E-state index contributed by atoms with van der Waals surface area (Å²) in [5.41, 5.74) is 0.581. The minimum Gasteiger partial charge on any atom is -0.339 e. The van der Waals surface area contributed by atoms with Crippen LogP contribution >= 0.6 is 22.9 Å². The Bertz CT molecular complexity index is 860. The number of halogens is 1. The molecule has 1 atom stereocenters. The van der Waals surface area contributed by atoms with Crippen LogP contribution in [0.1, 0.15) is 33.9 Å². The normalized spacial score (nSPS) is 15.3. The molecule has 1 fully saturated rings. The van der Waals surface area contributed by atoms with Crippen LogP contribution in [0.25, 0.3) is 0 Å². The first-order valence-electron chi connectivity index (χ1n) is 9.55. The molecular formula is C21H24ClN3O3S. The zero-order valence-electron chi connectivity index (χ0n) is 16.4. The molecular weight excluding hydrogens is 410 g/mol. The Morgan fingerprint density at radius 1 is 1.00 bits per heavy atom. The van der Waals surface area contributed by atoms with Crippen molar-refractivity contribution in [2.75, 3.05) is 26.2 Å². The van der Waals surface area contributed by atoms with E-state index in [1.807, 2.05) is 25.3 Å². The Morgan fingerprint density at radius 2 is 1.62 bits per heavy atom. The quantitative estimate of drug-likeness (QED) is 0.787. The number of hydrogen-bond donors (Lipinski definition) is 1. The fourth-order valence-electron chi connectivity index (χ4n) is 3.24. The molecule has 0 spiro atoms. The lowest BCUT2D eigenvalue weighted by Gasteiger charge is -2.37. The van der Waals surface area contributed by atoms with Crippen molar-refractivity contribution < 1.29 is 14.4 Å². The van der Waals surface area contributed by atoms with Crippen molar-refractivity contribution in [3.63, 3.8) is 0 Å². The summed E-state index contributed by atoms with van der Waals surface area (Å²) in [6.07, 6.45) is 0. The van der Waals surface area contributed by atoms with E-state index in [9.17, 15) is 14.4 Å². The summed E-state index contributed by atoms with van der Waals surface area (Å²) in [5.74, 6) is -0.451. The van der Waals surface area contributed by atoms with E-state index in [4.69, 9.17) is 11.6 Å². The predicted octanol–water partition coefficient (Wildman–Crippen LogP) is 3.14. The molecule has 2 aromatic rings. The number of carbonyl (C=O) groups excluding carboxylic acids is 3. The van der Waals surface area contributed by atoms with Gasteiger partial charge in [0.05, 0.1) is 4.88 Å². The molecule has 1 unspecified atom stereocenters. The van der Waals surface area contributed by atoms with Crippen molar-refractivity contribution in [2.45, 2.75) is 19.9 Å². The van der Waals surface area contributed by atoms with Crippen molar-refractivity contribution in [3.8, 4) is 0 Å². The molecule has 29 heavy (non-hydrogen) atoms. The van der Waals surface area contributed by atoms with Crippen LogP contribution in [0.3, 0.4) is 0 Å². The van der Waals surface area contributed by atoms with Crippen LogP contribution in [0.4, 0.5) is 0 Å². The molecule has 1 aromatic carbocycles. The van der Waals surface area contributed by atoms with E-state index >= 15 is 0 Å². The third-order valence-electron chi connectivity index (χ3n) is 4.93. The lowest BCUT2D eigenvalue weighted by atomic mass is 10.0. The van der Waals surface area contributed by atoms with Crippen molar-refractivity contribution in [1.82, 2.24) is 15.1 Å². The third kappa shape index (κ3) is 5.16. The third-order valence-corrected chi connectivity index (χ3v) is 6.05. The first kappa shape index (κ1) is 21.3. The van der Waals surface area contributed by atoms with Crippen molar-refractivity contribution in [2.24, 2.45) is 5.92 Å². The maximum Gasteiger partial charge on any atom is 0.262 e. The van der Waals surface area contributed by atoms with Gasteiger partial charge in [0.25, 0.3) is 11.8 Å². The Kier molecular flexibility index (Phi) is 6.92. The van der Waals surface area contributed by atoms with Crippen molar-refractivity contribution >= 4 is 40.7 Å². The molecule has 1 aromatic heterocycles. The van der Waals surface area contributed by atoms with Gasteiger partial charge in [0.15, 0.2) is 0 Å². The van der Waals surface area contributed by atoms with Gasteiger partial charge in [-0.25, -0.2) is 0 Å². The average Bonchev–Trinajstić information content (AvgIpc) is 3.26. The molecule has 8 heteroatoms. The minimum atomic E-state index is -0.594. The molecule has 1 aliphatic heterocycles. The van der Waals surface area contributed by atoms with E-state index in [1.54, 1.807) is 40.1 Å². The summed E-state index contributed by atoms with van der Waals surface area (Å²) in [4.78, 5) is 42.1. The van der Waals surface area contributed by atoms with E-state index in [2.05, 4.69) is 5.32 Å². The topological polar surface area (TPSA) is 69.7 Å². The number of nitrogens with one attached hydrogen (secondary N) is 1. The van der Waals surface area contributed by atoms with E-state index < -0.39 is 6.04 Å². The first-order valence-corrected chi connectivity index (χ1v) is 10.8. The van der Waals surface area contributed by atoms with Gasteiger partial charge < -0.3 is 15.1 Å². The van der Waals surface area contributed by atoms with E-state index in [0.29, 0.717) is 41.6 Å².